The number of pyridine rings is 1. The maximum atomic E-state index is 13.0. The fourth-order valence-corrected chi connectivity index (χ4v) is 3.10. The lowest BCUT2D eigenvalue weighted by atomic mass is 10.1. The number of piperidine rings is 1. The van der Waals surface area contributed by atoms with Crippen molar-refractivity contribution in [2.75, 3.05) is 24.1 Å². The van der Waals surface area contributed by atoms with Gasteiger partial charge in [-0.05, 0) is 54.7 Å². The Morgan fingerprint density at radius 2 is 1.87 bits per heavy atom. The number of carbonyl (C=O) groups is 1. The summed E-state index contributed by atoms with van der Waals surface area (Å²) in [6, 6.07) is 9.34. The molecule has 0 unspecified atom stereocenters. The van der Waals surface area contributed by atoms with E-state index in [1.54, 1.807) is 24.3 Å². The molecule has 1 saturated carbocycles. The fraction of sp³-hybridized carbons (Fsp3) is 0.294. The second-order valence-corrected chi connectivity index (χ2v) is 6.23. The third-order valence-electron chi connectivity index (χ3n) is 4.56. The number of likely N-dealkylation sites (tertiary alicyclic amines) is 1. The number of aromatic nitrogens is 1. The van der Waals surface area contributed by atoms with Crippen LogP contribution in [0, 0.1) is 17.7 Å². The molecule has 23 heavy (non-hydrogen) atoms. The topological polar surface area (TPSA) is 71.2 Å². The number of urea groups is 1. The number of nitrogens with zero attached hydrogens (tertiary/aromatic N) is 2. The molecule has 1 aromatic carbocycles. The van der Waals surface area contributed by atoms with Gasteiger partial charge in [-0.3, -0.25) is 5.32 Å². The Balaban J connectivity index is 1.54. The van der Waals surface area contributed by atoms with Gasteiger partial charge < -0.3 is 10.6 Å². The van der Waals surface area contributed by atoms with Crippen molar-refractivity contribution in [3.63, 3.8) is 0 Å². The number of carbonyl (C=O) groups excluding carboxylic acids is 1. The predicted molar refractivity (Wildman–Crippen MR) is 86.2 cm³/mol. The van der Waals surface area contributed by atoms with Crippen LogP contribution in [0.25, 0.3) is 11.3 Å². The van der Waals surface area contributed by atoms with E-state index in [1.807, 2.05) is 4.90 Å². The van der Waals surface area contributed by atoms with Crippen LogP contribution in [0.15, 0.2) is 36.4 Å². The van der Waals surface area contributed by atoms with Crippen molar-refractivity contribution in [2.45, 2.75) is 6.42 Å². The Bertz CT molecular complexity index is 752. The Morgan fingerprint density at radius 1 is 1.17 bits per heavy atom. The summed E-state index contributed by atoms with van der Waals surface area (Å²) < 4.78 is 13.0. The summed E-state index contributed by atoms with van der Waals surface area (Å²) >= 11 is 0. The first kappa shape index (κ1) is 14.0. The minimum atomic E-state index is -0.301. The van der Waals surface area contributed by atoms with Gasteiger partial charge in [0.15, 0.2) is 5.82 Å². The zero-order valence-corrected chi connectivity index (χ0v) is 12.5. The smallest absolute Gasteiger partial charge is 0.323 e. The Hall–Kier alpha value is -2.63. The van der Waals surface area contributed by atoms with Crippen LogP contribution in [0.2, 0.25) is 0 Å². The van der Waals surface area contributed by atoms with E-state index in [0.29, 0.717) is 29.0 Å². The lowest BCUT2D eigenvalue weighted by molar-refractivity contribution is 0.217. The molecule has 2 amide bonds. The molecular formula is C17H17FN4O. The van der Waals surface area contributed by atoms with E-state index in [0.717, 1.165) is 18.7 Å². The number of anilines is 2. The number of nitrogens with one attached hydrogen (secondary N) is 1. The standard InChI is InChI=1S/C17H17FN4O/c18-13-3-1-10(2-4-13)15-6-5-14(19)16(20-15)21-17(23)22-8-11-7-12(11)9-22/h1-6,11-12H,7-9,19H2,(H,20,21,23)/t11-,12+. The Labute approximate surface area is 133 Å². The van der Waals surface area contributed by atoms with Gasteiger partial charge in [0.25, 0.3) is 0 Å². The van der Waals surface area contributed by atoms with Gasteiger partial charge in [-0.2, -0.15) is 0 Å². The van der Waals surface area contributed by atoms with E-state index in [2.05, 4.69) is 10.3 Å². The predicted octanol–water partition coefficient (Wildman–Crippen LogP) is 2.95. The number of rotatable bonds is 2. The van der Waals surface area contributed by atoms with Crippen molar-refractivity contribution in [3.05, 3.63) is 42.2 Å². The highest BCUT2D eigenvalue weighted by atomic mass is 19.1. The van der Waals surface area contributed by atoms with Crippen molar-refractivity contribution >= 4 is 17.5 Å². The zero-order valence-electron chi connectivity index (χ0n) is 12.5. The van der Waals surface area contributed by atoms with Crippen LogP contribution in [0.5, 0.6) is 0 Å². The van der Waals surface area contributed by atoms with Crippen LogP contribution >= 0.6 is 0 Å². The van der Waals surface area contributed by atoms with E-state index in [4.69, 9.17) is 5.73 Å². The van der Waals surface area contributed by atoms with Crippen molar-refractivity contribution in [1.82, 2.24) is 9.88 Å². The van der Waals surface area contributed by atoms with Gasteiger partial charge in [0, 0.05) is 18.7 Å². The Morgan fingerprint density at radius 3 is 2.57 bits per heavy atom. The van der Waals surface area contributed by atoms with Crippen molar-refractivity contribution in [1.29, 1.82) is 0 Å². The molecule has 2 heterocycles. The van der Waals surface area contributed by atoms with Gasteiger partial charge in [-0.25, -0.2) is 14.2 Å². The maximum absolute atomic E-state index is 13.0. The highest BCUT2D eigenvalue weighted by molar-refractivity contribution is 5.92. The minimum absolute atomic E-state index is 0.160. The molecule has 118 valence electrons. The van der Waals surface area contributed by atoms with Gasteiger partial charge >= 0.3 is 6.03 Å². The van der Waals surface area contributed by atoms with E-state index in [1.165, 1.54) is 18.6 Å². The third-order valence-corrected chi connectivity index (χ3v) is 4.56. The van der Waals surface area contributed by atoms with Gasteiger partial charge in [0.2, 0.25) is 0 Å². The number of amides is 2. The van der Waals surface area contributed by atoms with Crippen molar-refractivity contribution in [2.24, 2.45) is 11.8 Å². The van der Waals surface area contributed by atoms with Gasteiger partial charge in [0.1, 0.15) is 5.82 Å². The molecule has 0 radical (unpaired) electrons. The lowest BCUT2D eigenvalue weighted by Gasteiger charge is -2.19. The molecule has 5 nitrogen and oxygen atoms in total. The van der Waals surface area contributed by atoms with Gasteiger partial charge in [0.05, 0.1) is 11.4 Å². The summed E-state index contributed by atoms with van der Waals surface area (Å²) in [4.78, 5) is 18.5. The van der Waals surface area contributed by atoms with E-state index < -0.39 is 0 Å². The highest BCUT2D eigenvalue weighted by Crippen LogP contribution is 2.44. The molecule has 2 fully saturated rings. The average Bonchev–Trinajstić information content (AvgIpc) is 3.16. The van der Waals surface area contributed by atoms with Crippen LogP contribution in [0.3, 0.4) is 0 Å². The quantitative estimate of drug-likeness (QED) is 0.895. The Kier molecular flexibility index (Phi) is 3.18. The monoisotopic (exact) mass is 312 g/mol. The highest BCUT2D eigenvalue weighted by Gasteiger charge is 2.46. The zero-order chi connectivity index (χ0) is 16.0. The molecule has 6 heteroatoms. The molecule has 2 aliphatic rings. The van der Waals surface area contributed by atoms with Crippen LogP contribution in [-0.4, -0.2) is 29.0 Å². The summed E-state index contributed by atoms with van der Waals surface area (Å²) in [6.45, 7) is 1.63. The number of benzene rings is 1. The van der Waals surface area contributed by atoms with Crippen LogP contribution in [0.4, 0.5) is 20.7 Å². The molecule has 2 aromatic rings. The molecule has 1 aromatic heterocycles. The number of nitrogen functional groups attached to an aromatic ring is 1. The number of hydrogen-bond donors (Lipinski definition) is 2. The van der Waals surface area contributed by atoms with Crippen LogP contribution < -0.4 is 11.1 Å². The molecule has 1 aliphatic carbocycles. The normalized spacial score (nSPS) is 21.9. The van der Waals surface area contributed by atoms with Gasteiger partial charge in [-0.15, -0.1) is 0 Å². The van der Waals surface area contributed by atoms with Crippen LogP contribution in [0.1, 0.15) is 6.42 Å². The second-order valence-electron chi connectivity index (χ2n) is 6.23. The first-order chi connectivity index (χ1) is 11.1. The molecule has 1 aliphatic heterocycles. The molecule has 0 spiro atoms. The number of nitrogens with two attached hydrogens (primary N) is 1. The third kappa shape index (κ3) is 2.72. The molecular weight excluding hydrogens is 295 g/mol. The van der Waals surface area contributed by atoms with Crippen molar-refractivity contribution in [3.8, 4) is 11.3 Å². The number of halogens is 1. The molecule has 2 atom stereocenters. The second kappa shape index (κ2) is 5.22. The number of hydrogen-bond acceptors (Lipinski definition) is 3. The number of fused-ring (bicyclic) bond motifs is 1. The summed E-state index contributed by atoms with van der Waals surface area (Å²) in [5.41, 5.74) is 7.74. The summed E-state index contributed by atoms with van der Waals surface area (Å²) in [6.07, 6.45) is 1.24. The fourth-order valence-electron chi connectivity index (χ4n) is 3.10. The molecule has 4 rings (SSSR count). The SMILES string of the molecule is Nc1ccc(-c2ccc(F)cc2)nc1NC(=O)N1C[C@H]2C[C@H]2C1. The molecule has 3 N–H and O–H groups in total. The maximum Gasteiger partial charge on any atom is 0.323 e. The average molecular weight is 312 g/mol. The van der Waals surface area contributed by atoms with E-state index in [-0.39, 0.29) is 11.8 Å². The van der Waals surface area contributed by atoms with Gasteiger partial charge in [-0.1, -0.05) is 0 Å². The lowest BCUT2D eigenvalue weighted by Crippen LogP contribution is -2.34. The molecule has 0 bridgehead atoms. The summed E-state index contributed by atoms with van der Waals surface area (Å²) in [7, 11) is 0. The van der Waals surface area contributed by atoms with E-state index >= 15 is 0 Å². The minimum Gasteiger partial charge on any atom is -0.396 e. The first-order valence-electron chi connectivity index (χ1n) is 7.68. The summed E-state index contributed by atoms with van der Waals surface area (Å²) in [5, 5.41) is 2.79. The first-order valence-corrected chi connectivity index (χ1v) is 7.68. The van der Waals surface area contributed by atoms with Crippen LogP contribution in [-0.2, 0) is 0 Å². The summed E-state index contributed by atoms with van der Waals surface area (Å²) in [5.74, 6) is 1.40. The van der Waals surface area contributed by atoms with Crippen molar-refractivity contribution < 1.29 is 9.18 Å². The molecule has 1 saturated heterocycles. The van der Waals surface area contributed by atoms with E-state index in [9.17, 15) is 9.18 Å². The largest absolute Gasteiger partial charge is 0.396 e.